The Bertz CT molecular complexity index is 747. The summed E-state index contributed by atoms with van der Waals surface area (Å²) in [6.07, 6.45) is -0.715. The molecule has 0 bridgehead atoms. The predicted octanol–water partition coefficient (Wildman–Crippen LogP) is 3.66. The molecule has 0 saturated carbocycles. The van der Waals surface area contributed by atoms with Crippen molar-refractivity contribution < 1.29 is 23.6 Å². The standard InChI is InChI=1S/C16H14FNO5/c1-10(11-4-3-5-13(8-11)18(20)21)23-16(19)12-6-7-15(22-2)14(17)9-12/h3-10H,1-2H3/t10-/m1/s1. The Morgan fingerprint density at radius 1 is 1.26 bits per heavy atom. The second kappa shape index (κ2) is 6.87. The Balaban J connectivity index is 2.15. The van der Waals surface area contributed by atoms with E-state index in [1.165, 1.54) is 37.4 Å². The first kappa shape index (κ1) is 16.4. The van der Waals surface area contributed by atoms with Crippen LogP contribution in [0.2, 0.25) is 0 Å². The summed E-state index contributed by atoms with van der Waals surface area (Å²) in [5.74, 6) is -1.39. The zero-order chi connectivity index (χ0) is 17.0. The molecule has 0 aliphatic heterocycles. The highest BCUT2D eigenvalue weighted by molar-refractivity contribution is 5.89. The highest BCUT2D eigenvalue weighted by Crippen LogP contribution is 2.24. The van der Waals surface area contributed by atoms with Crippen LogP contribution in [0, 0.1) is 15.9 Å². The number of nitrogens with zero attached hydrogens (tertiary/aromatic N) is 1. The summed E-state index contributed by atoms with van der Waals surface area (Å²) < 4.78 is 23.6. The van der Waals surface area contributed by atoms with Crippen LogP contribution in [-0.2, 0) is 4.74 Å². The van der Waals surface area contributed by atoms with Gasteiger partial charge in [-0.05, 0) is 30.7 Å². The van der Waals surface area contributed by atoms with Gasteiger partial charge in [-0.2, -0.15) is 0 Å². The Labute approximate surface area is 131 Å². The quantitative estimate of drug-likeness (QED) is 0.477. The number of methoxy groups -OCH3 is 1. The lowest BCUT2D eigenvalue weighted by molar-refractivity contribution is -0.385. The number of carbonyl (C=O) groups is 1. The number of esters is 1. The van der Waals surface area contributed by atoms with Crippen molar-refractivity contribution in [3.8, 4) is 5.75 Å². The highest BCUT2D eigenvalue weighted by atomic mass is 19.1. The fourth-order valence-corrected chi connectivity index (χ4v) is 1.98. The second-order valence-corrected chi connectivity index (χ2v) is 4.75. The van der Waals surface area contributed by atoms with Gasteiger partial charge in [-0.15, -0.1) is 0 Å². The van der Waals surface area contributed by atoms with Crippen molar-refractivity contribution in [2.45, 2.75) is 13.0 Å². The summed E-state index contributed by atoms with van der Waals surface area (Å²) in [5, 5.41) is 10.8. The molecule has 2 aromatic rings. The van der Waals surface area contributed by atoms with Crippen molar-refractivity contribution in [1.82, 2.24) is 0 Å². The van der Waals surface area contributed by atoms with E-state index < -0.39 is 22.8 Å². The number of ether oxygens (including phenoxy) is 2. The number of rotatable bonds is 5. The number of nitro groups is 1. The average Bonchev–Trinajstić information content (AvgIpc) is 2.54. The van der Waals surface area contributed by atoms with Crippen LogP contribution in [0.25, 0.3) is 0 Å². The van der Waals surface area contributed by atoms with Gasteiger partial charge in [-0.1, -0.05) is 12.1 Å². The zero-order valence-electron chi connectivity index (χ0n) is 12.5. The number of halogens is 1. The molecule has 0 fully saturated rings. The van der Waals surface area contributed by atoms with E-state index >= 15 is 0 Å². The summed E-state index contributed by atoms with van der Waals surface area (Å²) in [6, 6.07) is 9.50. The number of hydrogen-bond donors (Lipinski definition) is 0. The van der Waals surface area contributed by atoms with Crippen LogP contribution >= 0.6 is 0 Å². The normalized spacial score (nSPS) is 11.6. The highest BCUT2D eigenvalue weighted by Gasteiger charge is 2.17. The maximum atomic E-state index is 13.6. The van der Waals surface area contributed by atoms with Crippen LogP contribution in [0.4, 0.5) is 10.1 Å². The minimum absolute atomic E-state index is 0.0216. The predicted molar refractivity (Wildman–Crippen MR) is 79.9 cm³/mol. The maximum absolute atomic E-state index is 13.6. The van der Waals surface area contributed by atoms with E-state index in [0.29, 0.717) is 5.56 Å². The Hall–Kier alpha value is -2.96. The van der Waals surface area contributed by atoms with Gasteiger partial charge in [0.25, 0.3) is 5.69 Å². The summed E-state index contributed by atoms with van der Waals surface area (Å²) in [4.78, 5) is 22.3. The van der Waals surface area contributed by atoms with Crippen molar-refractivity contribution in [2.24, 2.45) is 0 Å². The summed E-state index contributed by atoms with van der Waals surface area (Å²) in [5.41, 5.74) is 0.406. The Kier molecular flexibility index (Phi) is 4.90. The van der Waals surface area contributed by atoms with Gasteiger partial charge in [-0.3, -0.25) is 10.1 Å². The van der Waals surface area contributed by atoms with Crippen molar-refractivity contribution in [3.05, 3.63) is 69.5 Å². The molecular weight excluding hydrogens is 305 g/mol. The number of nitro benzene ring substituents is 1. The van der Waals surface area contributed by atoms with E-state index in [0.717, 1.165) is 6.07 Å². The van der Waals surface area contributed by atoms with E-state index in [4.69, 9.17) is 9.47 Å². The van der Waals surface area contributed by atoms with Gasteiger partial charge < -0.3 is 9.47 Å². The minimum Gasteiger partial charge on any atom is -0.494 e. The number of non-ortho nitro benzene ring substituents is 1. The Morgan fingerprint density at radius 3 is 2.61 bits per heavy atom. The van der Waals surface area contributed by atoms with Crippen LogP contribution in [0.3, 0.4) is 0 Å². The fraction of sp³-hybridized carbons (Fsp3) is 0.188. The summed E-state index contributed by atoms with van der Waals surface area (Å²) >= 11 is 0. The SMILES string of the molecule is COc1ccc(C(=O)O[C@H](C)c2cccc([N+](=O)[O-])c2)cc1F. The van der Waals surface area contributed by atoms with Gasteiger partial charge in [-0.25, -0.2) is 9.18 Å². The maximum Gasteiger partial charge on any atom is 0.338 e. The molecule has 6 nitrogen and oxygen atoms in total. The zero-order valence-corrected chi connectivity index (χ0v) is 12.5. The summed E-state index contributed by atoms with van der Waals surface area (Å²) in [6.45, 7) is 1.58. The van der Waals surface area contributed by atoms with Gasteiger partial charge in [0.2, 0.25) is 0 Å². The minimum atomic E-state index is -0.731. The van der Waals surface area contributed by atoms with Gasteiger partial charge >= 0.3 is 5.97 Å². The molecule has 0 spiro atoms. The first-order valence-electron chi connectivity index (χ1n) is 6.71. The van der Waals surface area contributed by atoms with Gasteiger partial charge in [0.05, 0.1) is 17.6 Å². The molecule has 0 aliphatic rings. The van der Waals surface area contributed by atoms with Crippen molar-refractivity contribution in [3.63, 3.8) is 0 Å². The molecule has 7 heteroatoms. The topological polar surface area (TPSA) is 78.7 Å². The third-order valence-electron chi connectivity index (χ3n) is 3.22. The molecule has 0 unspecified atom stereocenters. The molecule has 0 N–H and O–H groups in total. The number of benzene rings is 2. The molecule has 0 amide bonds. The molecule has 0 heterocycles. The number of carbonyl (C=O) groups excluding carboxylic acids is 1. The van der Waals surface area contributed by atoms with Crippen LogP contribution in [0.1, 0.15) is 28.9 Å². The lowest BCUT2D eigenvalue weighted by atomic mass is 10.1. The largest absolute Gasteiger partial charge is 0.494 e. The molecule has 120 valence electrons. The van der Waals surface area contributed by atoms with Crippen molar-refractivity contribution in [2.75, 3.05) is 7.11 Å². The van der Waals surface area contributed by atoms with E-state index in [2.05, 4.69) is 0 Å². The smallest absolute Gasteiger partial charge is 0.338 e. The van der Waals surface area contributed by atoms with E-state index in [1.807, 2.05) is 0 Å². The van der Waals surface area contributed by atoms with Crippen LogP contribution in [0.5, 0.6) is 5.75 Å². The molecular formula is C16H14FNO5. The first-order valence-corrected chi connectivity index (χ1v) is 6.71. The van der Waals surface area contributed by atoms with Crippen molar-refractivity contribution >= 4 is 11.7 Å². The van der Waals surface area contributed by atoms with Gasteiger partial charge in [0, 0.05) is 12.1 Å². The molecule has 0 aliphatic carbocycles. The third-order valence-corrected chi connectivity index (χ3v) is 3.22. The molecule has 1 atom stereocenters. The first-order chi connectivity index (χ1) is 10.9. The van der Waals surface area contributed by atoms with Crippen LogP contribution in [0.15, 0.2) is 42.5 Å². The van der Waals surface area contributed by atoms with E-state index in [9.17, 15) is 19.3 Å². The van der Waals surface area contributed by atoms with E-state index in [1.54, 1.807) is 13.0 Å². The van der Waals surface area contributed by atoms with Gasteiger partial charge in [0.15, 0.2) is 11.6 Å². The van der Waals surface area contributed by atoms with Crippen molar-refractivity contribution in [1.29, 1.82) is 0 Å². The third kappa shape index (κ3) is 3.82. The Morgan fingerprint density at radius 2 is 2.00 bits per heavy atom. The molecule has 0 aromatic heterocycles. The molecule has 2 aromatic carbocycles. The lowest BCUT2D eigenvalue weighted by Gasteiger charge is -2.14. The molecule has 0 radical (unpaired) electrons. The van der Waals surface area contributed by atoms with E-state index in [-0.39, 0.29) is 17.0 Å². The van der Waals surface area contributed by atoms with Crippen LogP contribution in [-0.4, -0.2) is 18.0 Å². The van der Waals surface area contributed by atoms with Gasteiger partial charge in [0.1, 0.15) is 6.10 Å². The number of hydrogen-bond acceptors (Lipinski definition) is 5. The average molecular weight is 319 g/mol. The second-order valence-electron chi connectivity index (χ2n) is 4.75. The monoisotopic (exact) mass is 319 g/mol. The van der Waals surface area contributed by atoms with Crippen LogP contribution < -0.4 is 4.74 Å². The molecule has 2 rings (SSSR count). The fourth-order valence-electron chi connectivity index (χ4n) is 1.98. The summed E-state index contributed by atoms with van der Waals surface area (Å²) in [7, 11) is 1.32. The molecule has 23 heavy (non-hydrogen) atoms. The lowest BCUT2D eigenvalue weighted by Crippen LogP contribution is -2.10. The molecule has 0 saturated heterocycles.